The lowest BCUT2D eigenvalue weighted by molar-refractivity contribution is 0.586. The van der Waals surface area contributed by atoms with E-state index < -0.39 is 10.0 Å². The van der Waals surface area contributed by atoms with Crippen LogP contribution in [-0.2, 0) is 10.0 Å². The molecule has 8 nitrogen and oxygen atoms in total. The van der Waals surface area contributed by atoms with Crippen LogP contribution in [-0.4, -0.2) is 37.7 Å². The van der Waals surface area contributed by atoms with E-state index in [0.29, 0.717) is 25.3 Å². The van der Waals surface area contributed by atoms with Gasteiger partial charge in [0.15, 0.2) is 0 Å². The van der Waals surface area contributed by atoms with Gasteiger partial charge in [0.05, 0.1) is 6.26 Å². The Bertz CT molecular complexity index is 455. The molecule has 1 heterocycles. The third-order valence-electron chi connectivity index (χ3n) is 1.79. The molecule has 0 aliphatic heterocycles. The lowest BCUT2D eigenvalue weighted by atomic mass is 10.4. The number of nitrogens with one attached hydrogen (secondary N) is 2. The highest BCUT2D eigenvalue weighted by Crippen LogP contribution is 2.08. The SMILES string of the molecule is CS(=O)(=O)NCCCNc1cc(N)nc(N)n1. The van der Waals surface area contributed by atoms with E-state index >= 15 is 0 Å². The van der Waals surface area contributed by atoms with Gasteiger partial charge >= 0.3 is 0 Å². The Hall–Kier alpha value is -1.61. The topological polar surface area (TPSA) is 136 Å². The first-order valence-corrected chi connectivity index (χ1v) is 6.84. The van der Waals surface area contributed by atoms with Crippen molar-refractivity contribution in [3.05, 3.63) is 6.07 Å². The molecule has 96 valence electrons. The van der Waals surface area contributed by atoms with Crippen LogP contribution in [0.1, 0.15) is 6.42 Å². The van der Waals surface area contributed by atoms with Crippen molar-refractivity contribution in [1.82, 2.24) is 14.7 Å². The van der Waals surface area contributed by atoms with Crippen molar-refractivity contribution in [1.29, 1.82) is 0 Å². The Kier molecular flexibility index (Phi) is 4.46. The van der Waals surface area contributed by atoms with Gasteiger partial charge in [0.1, 0.15) is 11.6 Å². The molecule has 1 rings (SSSR count). The summed E-state index contributed by atoms with van der Waals surface area (Å²) in [5.74, 6) is 0.908. The second-order valence-corrected chi connectivity index (χ2v) is 5.32. The van der Waals surface area contributed by atoms with E-state index in [1.807, 2.05) is 0 Å². The number of nitrogens with zero attached hydrogens (tertiary/aromatic N) is 2. The summed E-state index contributed by atoms with van der Waals surface area (Å²) in [6, 6.07) is 1.56. The summed E-state index contributed by atoms with van der Waals surface area (Å²) < 4.78 is 23.9. The molecule has 0 saturated heterocycles. The minimum Gasteiger partial charge on any atom is -0.383 e. The molecule has 0 aromatic carbocycles. The van der Waals surface area contributed by atoms with Crippen molar-refractivity contribution < 1.29 is 8.42 Å². The quantitative estimate of drug-likeness (QED) is 0.481. The summed E-state index contributed by atoms with van der Waals surface area (Å²) in [5.41, 5.74) is 10.9. The molecule has 6 N–H and O–H groups in total. The highest BCUT2D eigenvalue weighted by molar-refractivity contribution is 7.88. The standard InChI is InChI=1S/C8H16N6O2S/c1-17(15,16)12-4-2-3-11-7-5-6(9)13-8(10)14-7/h5,12H,2-4H2,1H3,(H5,9,10,11,13,14). The Labute approximate surface area is 99.9 Å². The minimum atomic E-state index is -3.13. The van der Waals surface area contributed by atoms with Gasteiger partial charge < -0.3 is 16.8 Å². The van der Waals surface area contributed by atoms with Gasteiger partial charge in [-0.05, 0) is 6.42 Å². The first kappa shape index (κ1) is 13.5. The van der Waals surface area contributed by atoms with Gasteiger partial charge in [0.25, 0.3) is 0 Å². The van der Waals surface area contributed by atoms with Crippen LogP contribution in [0.5, 0.6) is 0 Å². The molecular formula is C8H16N6O2S. The Balaban J connectivity index is 2.31. The molecule has 0 radical (unpaired) electrons. The zero-order valence-corrected chi connectivity index (χ0v) is 10.3. The number of nitrogen functional groups attached to an aromatic ring is 2. The molecule has 0 saturated carbocycles. The van der Waals surface area contributed by atoms with Crippen LogP contribution in [0.25, 0.3) is 0 Å². The monoisotopic (exact) mass is 260 g/mol. The van der Waals surface area contributed by atoms with Gasteiger partial charge in [0, 0.05) is 19.2 Å². The zero-order valence-electron chi connectivity index (χ0n) is 9.47. The molecule has 1 aromatic rings. The van der Waals surface area contributed by atoms with Crippen molar-refractivity contribution in [2.45, 2.75) is 6.42 Å². The number of hydrogen-bond acceptors (Lipinski definition) is 7. The van der Waals surface area contributed by atoms with Crippen molar-refractivity contribution >= 4 is 27.6 Å². The van der Waals surface area contributed by atoms with Gasteiger partial charge in [-0.25, -0.2) is 13.1 Å². The number of rotatable bonds is 6. The van der Waals surface area contributed by atoms with Crippen LogP contribution in [0.2, 0.25) is 0 Å². The maximum Gasteiger partial charge on any atom is 0.223 e. The molecular weight excluding hydrogens is 244 g/mol. The number of anilines is 3. The summed E-state index contributed by atoms with van der Waals surface area (Å²) in [6.07, 6.45) is 1.74. The second-order valence-electron chi connectivity index (χ2n) is 3.48. The Morgan fingerprint density at radius 2 is 2.00 bits per heavy atom. The van der Waals surface area contributed by atoms with Crippen LogP contribution in [0.4, 0.5) is 17.6 Å². The zero-order chi connectivity index (χ0) is 12.9. The van der Waals surface area contributed by atoms with E-state index in [1.165, 1.54) is 0 Å². The largest absolute Gasteiger partial charge is 0.383 e. The molecule has 17 heavy (non-hydrogen) atoms. The van der Waals surface area contributed by atoms with Gasteiger partial charge in [-0.3, -0.25) is 0 Å². The summed E-state index contributed by atoms with van der Waals surface area (Å²) in [5, 5.41) is 2.97. The fourth-order valence-electron chi connectivity index (χ4n) is 1.14. The maximum absolute atomic E-state index is 10.8. The van der Waals surface area contributed by atoms with Gasteiger partial charge in [0.2, 0.25) is 16.0 Å². The van der Waals surface area contributed by atoms with Crippen molar-refractivity contribution in [3.63, 3.8) is 0 Å². The lowest BCUT2D eigenvalue weighted by Gasteiger charge is -2.06. The molecule has 0 aliphatic rings. The van der Waals surface area contributed by atoms with Crippen LogP contribution < -0.4 is 21.5 Å². The van der Waals surface area contributed by atoms with E-state index in [-0.39, 0.29) is 11.8 Å². The van der Waals surface area contributed by atoms with Crippen LogP contribution in [0, 0.1) is 0 Å². The average molecular weight is 260 g/mol. The highest BCUT2D eigenvalue weighted by atomic mass is 32.2. The number of aromatic nitrogens is 2. The second kappa shape index (κ2) is 5.64. The summed E-state index contributed by atoms with van der Waals surface area (Å²) in [6.45, 7) is 0.917. The Morgan fingerprint density at radius 3 is 2.59 bits per heavy atom. The van der Waals surface area contributed by atoms with Crippen molar-refractivity contribution in [2.24, 2.45) is 0 Å². The number of sulfonamides is 1. The first-order valence-electron chi connectivity index (χ1n) is 4.95. The smallest absolute Gasteiger partial charge is 0.223 e. The lowest BCUT2D eigenvalue weighted by Crippen LogP contribution is -2.24. The van der Waals surface area contributed by atoms with E-state index in [9.17, 15) is 8.42 Å². The van der Waals surface area contributed by atoms with E-state index in [4.69, 9.17) is 11.5 Å². The summed E-state index contributed by atoms with van der Waals surface area (Å²) >= 11 is 0. The number of hydrogen-bond donors (Lipinski definition) is 4. The van der Waals surface area contributed by atoms with Gasteiger partial charge in [-0.2, -0.15) is 9.97 Å². The molecule has 0 aliphatic carbocycles. The molecule has 0 unspecified atom stereocenters. The number of nitrogens with two attached hydrogens (primary N) is 2. The predicted octanol–water partition coefficient (Wildman–Crippen LogP) is -1.01. The third kappa shape index (κ3) is 5.88. The summed E-state index contributed by atoms with van der Waals surface area (Å²) in [4.78, 5) is 7.64. The van der Waals surface area contributed by atoms with Crippen LogP contribution in [0.3, 0.4) is 0 Å². The average Bonchev–Trinajstić information content (AvgIpc) is 2.13. The predicted molar refractivity (Wildman–Crippen MR) is 66.8 cm³/mol. The summed E-state index contributed by atoms with van der Waals surface area (Å²) in [7, 11) is -3.13. The Morgan fingerprint density at radius 1 is 1.29 bits per heavy atom. The molecule has 9 heteroatoms. The molecule has 0 amide bonds. The highest BCUT2D eigenvalue weighted by Gasteiger charge is 2.00. The normalized spacial score (nSPS) is 11.4. The molecule has 0 bridgehead atoms. The first-order chi connectivity index (χ1) is 7.87. The van der Waals surface area contributed by atoms with E-state index in [2.05, 4.69) is 20.0 Å². The van der Waals surface area contributed by atoms with Crippen LogP contribution >= 0.6 is 0 Å². The molecule has 0 fully saturated rings. The molecule has 1 aromatic heterocycles. The third-order valence-corrected chi connectivity index (χ3v) is 2.52. The maximum atomic E-state index is 10.8. The molecule has 0 spiro atoms. The minimum absolute atomic E-state index is 0.0989. The molecule has 0 atom stereocenters. The van der Waals surface area contributed by atoms with E-state index in [1.54, 1.807) is 6.07 Å². The fourth-order valence-corrected chi connectivity index (χ4v) is 1.65. The van der Waals surface area contributed by atoms with E-state index in [0.717, 1.165) is 6.26 Å². The van der Waals surface area contributed by atoms with Gasteiger partial charge in [-0.1, -0.05) is 0 Å². The van der Waals surface area contributed by atoms with Crippen LogP contribution in [0.15, 0.2) is 6.07 Å². The van der Waals surface area contributed by atoms with Crippen molar-refractivity contribution in [2.75, 3.05) is 36.1 Å². The van der Waals surface area contributed by atoms with Crippen molar-refractivity contribution in [3.8, 4) is 0 Å². The fraction of sp³-hybridized carbons (Fsp3) is 0.500. The van der Waals surface area contributed by atoms with Gasteiger partial charge in [-0.15, -0.1) is 0 Å².